The summed E-state index contributed by atoms with van der Waals surface area (Å²) in [5, 5.41) is 9.58. The van der Waals surface area contributed by atoms with Crippen molar-refractivity contribution in [2.45, 2.75) is 50.2 Å². The summed E-state index contributed by atoms with van der Waals surface area (Å²) < 4.78 is 2.18. The van der Waals surface area contributed by atoms with Crippen molar-refractivity contribution in [2.75, 3.05) is 5.75 Å². The molecule has 1 aliphatic carbocycles. The lowest BCUT2D eigenvalue weighted by Crippen LogP contribution is -2.19. The molecule has 1 saturated carbocycles. The first kappa shape index (κ1) is 13.5. The second-order valence-electron chi connectivity index (χ2n) is 4.89. The summed E-state index contributed by atoms with van der Waals surface area (Å²) in [6.45, 7) is 2.25. The maximum absolute atomic E-state index is 10.6. The first-order valence-corrected chi connectivity index (χ1v) is 7.56. The summed E-state index contributed by atoms with van der Waals surface area (Å²) in [6.07, 6.45) is 10.0. The second-order valence-corrected chi connectivity index (χ2v) is 5.84. The third kappa shape index (κ3) is 3.28. The van der Waals surface area contributed by atoms with Gasteiger partial charge in [0.05, 0.1) is 5.75 Å². The molecule has 0 aliphatic heterocycles. The van der Waals surface area contributed by atoms with Crippen LogP contribution >= 0.6 is 11.8 Å². The van der Waals surface area contributed by atoms with Crippen molar-refractivity contribution in [3.8, 4) is 0 Å². The molecular weight excluding hydrogens is 248 g/mol. The molecule has 0 bridgehead atoms. The zero-order valence-corrected chi connectivity index (χ0v) is 11.5. The molecule has 2 rings (SSSR count). The van der Waals surface area contributed by atoms with Crippen LogP contribution in [0.3, 0.4) is 0 Å². The Bertz CT molecular complexity index is 405. The first-order valence-electron chi connectivity index (χ1n) is 6.58. The average molecular weight is 268 g/mol. The Morgan fingerprint density at radius 1 is 1.61 bits per heavy atom. The van der Waals surface area contributed by atoms with E-state index >= 15 is 0 Å². The fourth-order valence-electron chi connectivity index (χ4n) is 2.70. The average Bonchev–Trinajstić information content (AvgIpc) is 2.84. The lowest BCUT2D eigenvalue weighted by Gasteiger charge is -2.30. The Morgan fingerprint density at radius 3 is 3.17 bits per heavy atom. The maximum atomic E-state index is 10.6. The second kappa shape index (κ2) is 6.27. The normalized spacial score (nSPS) is 24.1. The monoisotopic (exact) mass is 268 g/mol. The van der Waals surface area contributed by atoms with Gasteiger partial charge in [0.1, 0.15) is 0 Å². The number of carboxylic acids is 1. The highest BCUT2D eigenvalue weighted by Crippen LogP contribution is 2.36. The molecule has 1 fully saturated rings. The van der Waals surface area contributed by atoms with Crippen molar-refractivity contribution >= 4 is 17.7 Å². The molecule has 1 aromatic rings. The van der Waals surface area contributed by atoms with Crippen LogP contribution in [0.4, 0.5) is 0 Å². The Kier molecular flexibility index (Phi) is 4.69. The summed E-state index contributed by atoms with van der Waals surface area (Å²) in [7, 11) is 0. The van der Waals surface area contributed by atoms with Gasteiger partial charge in [0.2, 0.25) is 0 Å². The van der Waals surface area contributed by atoms with Crippen molar-refractivity contribution in [3.05, 3.63) is 12.4 Å². The van der Waals surface area contributed by atoms with Gasteiger partial charge in [-0.3, -0.25) is 4.79 Å². The maximum Gasteiger partial charge on any atom is 0.313 e. The van der Waals surface area contributed by atoms with E-state index in [9.17, 15) is 4.79 Å². The minimum absolute atomic E-state index is 0.0843. The Hall–Kier alpha value is -0.970. The fourth-order valence-corrected chi connectivity index (χ4v) is 3.45. The number of aromatic nitrogens is 2. The Morgan fingerprint density at radius 2 is 2.44 bits per heavy atom. The van der Waals surface area contributed by atoms with E-state index in [-0.39, 0.29) is 5.75 Å². The molecule has 4 nitrogen and oxygen atoms in total. The van der Waals surface area contributed by atoms with Crippen LogP contribution in [0, 0.1) is 5.92 Å². The van der Waals surface area contributed by atoms with Gasteiger partial charge in [-0.1, -0.05) is 37.9 Å². The summed E-state index contributed by atoms with van der Waals surface area (Å²) in [5.74, 6) is 0.106. The van der Waals surface area contributed by atoms with Crippen LogP contribution in [-0.4, -0.2) is 26.4 Å². The van der Waals surface area contributed by atoms with E-state index in [0.29, 0.717) is 6.04 Å². The number of rotatable bonds is 5. The number of carboxylic acid groups (broad SMARTS) is 1. The standard InChI is InChI=1S/C13H20N2O2S/c1-2-10-4-3-5-11(8-10)15-7-6-14-13(15)18-9-12(16)17/h6-7,10-11H,2-5,8-9H2,1H3,(H,16,17). The zero-order valence-electron chi connectivity index (χ0n) is 10.7. The largest absolute Gasteiger partial charge is 0.481 e. The molecule has 1 N–H and O–H groups in total. The van der Waals surface area contributed by atoms with Crippen LogP contribution in [0.25, 0.3) is 0 Å². The SMILES string of the molecule is CCC1CCCC(n2ccnc2SCC(=O)O)C1. The van der Waals surface area contributed by atoms with Gasteiger partial charge in [0.25, 0.3) is 0 Å². The third-order valence-electron chi connectivity index (χ3n) is 3.68. The first-order chi connectivity index (χ1) is 8.70. The van der Waals surface area contributed by atoms with Crippen LogP contribution < -0.4 is 0 Å². The molecule has 2 unspecified atom stereocenters. The van der Waals surface area contributed by atoms with Crippen LogP contribution in [-0.2, 0) is 4.79 Å². The van der Waals surface area contributed by atoms with E-state index in [1.165, 1.54) is 43.9 Å². The van der Waals surface area contributed by atoms with Gasteiger partial charge in [0, 0.05) is 18.4 Å². The van der Waals surface area contributed by atoms with Crippen molar-refractivity contribution in [1.29, 1.82) is 0 Å². The molecule has 18 heavy (non-hydrogen) atoms. The van der Waals surface area contributed by atoms with E-state index in [2.05, 4.69) is 16.5 Å². The predicted molar refractivity (Wildman–Crippen MR) is 71.9 cm³/mol. The minimum atomic E-state index is -0.787. The quantitative estimate of drug-likeness (QED) is 0.833. The van der Waals surface area contributed by atoms with E-state index in [4.69, 9.17) is 5.11 Å². The molecule has 1 aromatic heterocycles. The van der Waals surface area contributed by atoms with Gasteiger partial charge in [0.15, 0.2) is 5.16 Å². The molecule has 0 aromatic carbocycles. The molecule has 2 atom stereocenters. The number of aliphatic carboxylic acids is 1. The van der Waals surface area contributed by atoms with Crippen LogP contribution in [0.5, 0.6) is 0 Å². The third-order valence-corrected chi connectivity index (χ3v) is 4.65. The molecule has 1 heterocycles. The fraction of sp³-hybridized carbons (Fsp3) is 0.692. The minimum Gasteiger partial charge on any atom is -0.481 e. The van der Waals surface area contributed by atoms with E-state index in [1.54, 1.807) is 6.20 Å². The molecule has 0 saturated heterocycles. The van der Waals surface area contributed by atoms with Crippen molar-refractivity contribution in [2.24, 2.45) is 5.92 Å². The van der Waals surface area contributed by atoms with Crippen LogP contribution in [0.2, 0.25) is 0 Å². The summed E-state index contributed by atoms with van der Waals surface area (Å²) in [6, 6.07) is 0.502. The Balaban J connectivity index is 2.03. The van der Waals surface area contributed by atoms with E-state index < -0.39 is 5.97 Å². The van der Waals surface area contributed by atoms with Gasteiger partial charge in [-0.25, -0.2) is 4.98 Å². The van der Waals surface area contributed by atoms with Gasteiger partial charge >= 0.3 is 5.97 Å². The zero-order chi connectivity index (χ0) is 13.0. The number of nitrogens with zero attached hydrogens (tertiary/aromatic N) is 2. The number of hydrogen-bond acceptors (Lipinski definition) is 3. The van der Waals surface area contributed by atoms with E-state index in [0.717, 1.165) is 11.1 Å². The molecule has 0 spiro atoms. The van der Waals surface area contributed by atoms with Crippen LogP contribution in [0.1, 0.15) is 45.1 Å². The molecule has 100 valence electrons. The summed E-state index contributed by atoms with van der Waals surface area (Å²) in [4.78, 5) is 14.9. The van der Waals surface area contributed by atoms with Gasteiger partial charge in [-0.05, 0) is 18.8 Å². The molecular formula is C13H20N2O2S. The lowest BCUT2D eigenvalue weighted by atomic mass is 9.84. The molecule has 5 heteroatoms. The highest BCUT2D eigenvalue weighted by Gasteiger charge is 2.23. The van der Waals surface area contributed by atoms with Crippen LogP contribution in [0.15, 0.2) is 17.6 Å². The predicted octanol–water partition coefficient (Wildman–Crippen LogP) is 3.20. The summed E-state index contributed by atoms with van der Waals surface area (Å²) in [5.41, 5.74) is 0. The topological polar surface area (TPSA) is 55.1 Å². The number of hydrogen-bond donors (Lipinski definition) is 1. The molecule has 1 aliphatic rings. The number of imidazole rings is 1. The highest BCUT2D eigenvalue weighted by molar-refractivity contribution is 7.99. The van der Waals surface area contributed by atoms with Gasteiger partial charge in [-0.2, -0.15) is 0 Å². The van der Waals surface area contributed by atoms with E-state index in [1.807, 2.05) is 6.20 Å². The van der Waals surface area contributed by atoms with Gasteiger partial charge < -0.3 is 9.67 Å². The van der Waals surface area contributed by atoms with Crippen molar-refractivity contribution in [1.82, 2.24) is 9.55 Å². The highest BCUT2D eigenvalue weighted by atomic mass is 32.2. The Labute approximate surface area is 112 Å². The lowest BCUT2D eigenvalue weighted by molar-refractivity contribution is -0.133. The number of thioether (sulfide) groups is 1. The van der Waals surface area contributed by atoms with Gasteiger partial charge in [-0.15, -0.1) is 0 Å². The van der Waals surface area contributed by atoms with Crippen molar-refractivity contribution in [3.63, 3.8) is 0 Å². The number of carbonyl (C=O) groups is 1. The molecule has 0 amide bonds. The smallest absolute Gasteiger partial charge is 0.313 e. The molecule has 0 radical (unpaired) electrons. The summed E-state index contributed by atoms with van der Waals surface area (Å²) >= 11 is 1.32. The van der Waals surface area contributed by atoms with Crippen molar-refractivity contribution < 1.29 is 9.90 Å².